The number of nitrogens with one attached hydrogen (secondary N) is 2. The van der Waals surface area contributed by atoms with E-state index in [0.29, 0.717) is 6.54 Å². The summed E-state index contributed by atoms with van der Waals surface area (Å²) in [7, 11) is 5.12. The molecule has 0 aliphatic rings. The van der Waals surface area contributed by atoms with E-state index >= 15 is 0 Å². The predicted octanol–water partition coefficient (Wildman–Crippen LogP) is 2.86. The van der Waals surface area contributed by atoms with E-state index in [9.17, 15) is 0 Å². The number of methoxy groups -OCH3 is 2. The van der Waals surface area contributed by atoms with Crippen LogP contribution in [0.5, 0.6) is 11.5 Å². The topological polar surface area (TPSA) is 72.7 Å². The van der Waals surface area contributed by atoms with Crippen molar-refractivity contribution < 1.29 is 9.47 Å². The van der Waals surface area contributed by atoms with Crippen molar-refractivity contribution in [3.05, 3.63) is 77.6 Å². The fourth-order valence-corrected chi connectivity index (χ4v) is 3.25. The van der Waals surface area contributed by atoms with Crippen LogP contribution in [0, 0.1) is 0 Å². The molecular weight excluding hydrogens is 378 g/mol. The summed E-state index contributed by atoms with van der Waals surface area (Å²) in [5.41, 5.74) is 3.53. The molecule has 0 aliphatic heterocycles. The monoisotopic (exact) mass is 407 g/mol. The summed E-state index contributed by atoms with van der Waals surface area (Å²) in [4.78, 5) is 4.34. The summed E-state index contributed by atoms with van der Waals surface area (Å²) >= 11 is 0. The van der Waals surface area contributed by atoms with Gasteiger partial charge in [-0.3, -0.25) is 9.67 Å². The zero-order valence-corrected chi connectivity index (χ0v) is 17.8. The molecular formula is C23H29N5O2. The van der Waals surface area contributed by atoms with Gasteiger partial charge in [0.1, 0.15) is 11.5 Å². The summed E-state index contributed by atoms with van der Waals surface area (Å²) in [6.07, 6.45) is 4.55. The third-order valence-corrected chi connectivity index (χ3v) is 4.85. The maximum Gasteiger partial charge on any atom is 0.191 e. The molecule has 0 bridgehead atoms. The molecule has 30 heavy (non-hydrogen) atoms. The van der Waals surface area contributed by atoms with Gasteiger partial charge < -0.3 is 20.1 Å². The Bertz CT molecular complexity index is 954. The SMILES string of the molecule is CN=C(NCCc1cc(OC)ccc1OC)NCc1ccccc1Cn1cccn1. The lowest BCUT2D eigenvalue weighted by molar-refractivity contribution is 0.398. The van der Waals surface area contributed by atoms with Gasteiger partial charge in [-0.2, -0.15) is 5.10 Å². The summed E-state index contributed by atoms with van der Waals surface area (Å²) in [5, 5.41) is 11.1. The van der Waals surface area contributed by atoms with Gasteiger partial charge in [-0.05, 0) is 47.4 Å². The first-order valence-corrected chi connectivity index (χ1v) is 9.93. The molecule has 2 aromatic carbocycles. The molecule has 0 saturated carbocycles. The first kappa shape index (κ1) is 21.2. The molecule has 2 N–H and O–H groups in total. The Labute approximate surface area is 177 Å². The minimum absolute atomic E-state index is 0.680. The summed E-state index contributed by atoms with van der Waals surface area (Å²) < 4.78 is 12.7. The maximum atomic E-state index is 5.45. The second kappa shape index (κ2) is 10.9. The number of nitrogens with zero attached hydrogens (tertiary/aromatic N) is 3. The number of benzene rings is 2. The second-order valence-electron chi connectivity index (χ2n) is 6.75. The number of hydrogen-bond acceptors (Lipinski definition) is 4. The van der Waals surface area contributed by atoms with Crippen LogP contribution >= 0.6 is 0 Å². The molecule has 0 aliphatic carbocycles. The Morgan fingerprint density at radius 3 is 2.53 bits per heavy atom. The van der Waals surface area contributed by atoms with Crippen molar-refractivity contribution in [2.45, 2.75) is 19.5 Å². The van der Waals surface area contributed by atoms with Gasteiger partial charge in [0.05, 0.1) is 20.8 Å². The lowest BCUT2D eigenvalue weighted by Crippen LogP contribution is -2.38. The van der Waals surface area contributed by atoms with Gasteiger partial charge in [0, 0.05) is 32.5 Å². The van der Waals surface area contributed by atoms with Gasteiger partial charge in [-0.25, -0.2) is 0 Å². The Morgan fingerprint density at radius 2 is 1.83 bits per heavy atom. The molecule has 3 rings (SSSR count). The highest BCUT2D eigenvalue weighted by Crippen LogP contribution is 2.24. The number of hydrogen-bond donors (Lipinski definition) is 2. The molecule has 0 spiro atoms. The summed E-state index contributed by atoms with van der Waals surface area (Å²) in [5.74, 6) is 2.43. The summed E-state index contributed by atoms with van der Waals surface area (Å²) in [6, 6.07) is 16.1. The van der Waals surface area contributed by atoms with Crippen molar-refractivity contribution in [1.29, 1.82) is 0 Å². The summed E-state index contributed by atoms with van der Waals surface area (Å²) in [6.45, 7) is 2.14. The van der Waals surface area contributed by atoms with E-state index in [4.69, 9.17) is 9.47 Å². The maximum absolute atomic E-state index is 5.45. The van der Waals surface area contributed by atoms with Crippen LogP contribution in [0.25, 0.3) is 0 Å². The lowest BCUT2D eigenvalue weighted by atomic mass is 10.1. The largest absolute Gasteiger partial charge is 0.497 e. The van der Waals surface area contributed by atoms with Crippen molar-refractivity contribution in [2.75, 3.05) is 27.8 Å². The molecule has 0 atom stereocenters. The number of aromatic nitrogens is 2. The average molecular weight is 408 g/mol. The highest BCUT2D eigenvalue weighted by Gasteiger charge is 2.07. The molecule has 1 heterocycles. The first-order valence-electron chi connectivity index (χ1n) is 9.93. The number of ether oxygens (including phenoxy) is 2. The van der Waals surface area contributed by atoms with Gasteiger partial charge in [-0.1, -0.05) is 24.3 Å². The van der Waals surface area contributed by atoms with Crippen molar-refractivity contribution in [1.82, 2.24) is 20.4 Å². The normalized spacial score (nSPS) is 11.2. The van der Waals surface area contributed by atoms with Gasteiger partial charge in [0.2, 0.25) is 0 Å². The van der Waals surface area contributed by atoms with E-state index in [0.717, 1.165) is 42.5 Å². The zero-order chi connectivity index (χ0) is 21.2. The third kappa shape index (κ3) is 5.76. The highest BCUT2D eigenvalue weighted by atomic mass is 16.5. The Kier molecular flexibility index (Phi) is 7.71. The molecule has 3 aromatic rings. The Balaban J connectivity index is 1.55. The van der Waals surface area contributed by atoms with E-state index in [1.165, 1.54) is 11.1 Å². The Hall–Kier alpha value is -3.48. The van der Waals surface area contributed by atoms with E-state index in [1.54, 1.807) is 27.5 Å². The quantitative estimate of drug-likeness (QED) is 0.422. The van der Waals surface area contributed by atoms with Crippen LogP contribution in [0.4, 0.5) is 0 Å². The van der Waals surface area contributed by atoms with Crippen molar-refractivity contribution in [2.24, 2.45) is 4.99 Å². The average Bonchev–Trinajstić information content (AvgIpc) is 3.30. The van der Waals surface area contributed by atoms with Crippen LogP contribution in [0.15, 0.2) is 65.9 Å². The van der Waals surface area contributed by atoms with E-state index < -0.39 is 0 Å². The van der Waals surface area contributed by atoms with Crippen LogP contribution in [0.1, 0.15) is 16.7 Å². The van der Waals surface area contributed by atoms with E-state index in [1.807, 2.05) is 35.1 Å². The first-order chi connectivity index (χ1) is 14.7. The molecule has 0 radical (unpaired) electrons. The zero-order valence-electron chi connectivity index (χ0n) is 17.8. The molecule has 0 saturated heterocycles. The molecule has 0 fully saturated rings. The van der Waals surface area contributed by atoms with Crippen molar-refractivity contribution >= 4 is 5.96 Å². The van der Waals surface area contributed by atoms with Crippen molar-refractivity contribution in [3.8, 4) is 11.5 Å². The van der Waals surface area contributed by atoms with Gasteiger partial charge in [0.25, 0.3) is 0 Å². The van der Waals surface area contributed by atoms with Gasteiger partial charge in [-0.15, -0.1) is 0 Å². The minimum atomic E-state index is 0.680. The smallest absolute Gasteiger partial charge is 0.191 e. The predicted molar refractivity (Wildman–Crippen MR) is 119 cm³/mol. The molecule has 1 aromatic heterocycles. The van der Waals surface area contributed by atoms with Crippen LogP contribution in [-0.4, -0.2) is 43.6 Å². The standard InChI is InChI=1S/C23H29N5O2/c1-24-23(25-13-11-18-15-21(29-2)9-10-22(18)30-3)26-16-19-7-4-5-8-20(19)17-28-14-6-12-27-28/h4-10,12,14-15H,11,13,16-17H2,1-3H3,(H2,24,25,26). The highest BCUT2D eigenvalue weighted by molar-refractivity contribution is 5.79. The van der Waals surface area contributed by atoms with Gasteiger partial charge >= 0.3 is 0 Å². The van der Waals surface area contributed by atoms with Crippen LogP contribution in [0.3, 0.4) is 0 Å². The second-order valence-corrected chi connectivity index (χ2v) is 6.75. The molecule has 0 amide bonds. The fourth-order valence-electron chi connectivity index (χ4n) is 3.25. The lowest BCUT2D eigenvalue weighted by Gasteiger charge is -2.15. The third-order valence-electron chi connectivity index (χ3n) is 4.85. The van der Waals surface area contributed by atoms with Crippen molar-refractivity contribution in [3.63, 3.8) is 0 Å². The number of rotatable bonds is 9. The van der Waals surface area contributed by atoms with Crippen LogP contribution in [0.2, 0.25) is 0 Å². The molecule has 158 valence electrons. The number of aliphatic imine (C=N–C) groups is 1. The Morgan fingerprint density at radius 1 is 1.00 bits per heavy atom. The fraction of sp³-hybridized carbons (Fsp3) is 0.304. The van der Waals surface area contributed by atoms with Gasteiger partial charge in [0.15, 0.2) is 5.96 Å². The number of guanidine groups is 1. The molecule has 7 nitrogen and oxygen atoms in total. The minimum Gasteiger partial charge on any atom is -0.497 e. The van der Waals surface area contributed by atoms with E-state index in [2.05, 4.69) is 45.0 Å². The molecule has 0 unspecified atom stereocenters. The van der Waals surface area contributed by atoms with Crippen LogP contribution < -0.4 is 20.1 Å². The molecule has 7 heteroatoms. The van der Waals surface area contributed by atoms with E-state index in [-0.39, 0.29) is 0 Å². The van der Waals surface area contributed by atoms with Crippen LogP contribution in [-0.2, 0) is 19.5 Å².